The van der Waals surface area contributed by atoms with Gasteiger partial charge in [0, 0.05) is 24.0 Å². The summed E-state index contributed by atoms with van der Waals surface area (Å²) in [6, 6.07) is 7.65. The highest BCUT2D eigenvalue weighted by atomic mass is 16.5. The van der Waals surface area contributed by atoms with Gasteiger partial charge in [-0.1, -0.05) is 0 Å². The Bertz CT molecular complexity index is 769. The lowest BCUT2D eigenvalue weighted by Crippen LogP contribution is -2.31. The second kappa shape index (κ2) is 7.74. The normalized spacial score (nSPS) is 13.4. The number of rotatable bonds is 7. The zero-order chi connectivity index (χ0) is 17.6. The molecule has 1 amide bonds. The van der Waals surface area contributed by atoms with E-state index in [9.17, 15) is 4.79 Å². The molecule has 132 valence electrons. The van der Waals surface area contributed by atoms with Crippen LogP contribution in [0, 0.1) is 6.92 Å². The van der Waals surface area contributed by atoms with Crippen molar-refractivity contribution < 1.29 is 14.3 Å². The van der Waals surface area contributed by atoms with Crippen LogP contribution in [0.1, 0.15) is 23.2 Å². The number of aromatic amines is 1. The van der Waals surface area contributed by atoms with E-state index in [1.165, 1.54) is 0 Å². The molecule has 0 radical (unpaired) electrons. The van der Waals surface area contributed by atoms with E-state index in [4.69, 9.17) is 9.47 Å². The smallest absolute Gasteiger partial charge is 0.271 e. The Kier molecular flexibility index (Phi) is 5.23. The monoisotopic (exact) mass is 342 g/mol. The van der Waals surface area contributed by atoms with E-state index in [0.717, 1.165) is 35.4 Å². The van der Waals surface area contributed by atoms with Crippen LogP contribution in [0.25, 0.3) is 5.76 Å². The third-order valence-electron chi connectivity index (χ3n) is 4.04. The van der Waals surface area contributed by atoms with Crippen LogP contribution in [-0.4, -0.2) is 36.5 Å². The topological polar surface area (TPSA) is 88.3 Å². The number of ether oxygens (including phenoxy) is 2. The first kappa shape index (κ1) is 16.9. The maximum absolute atomic E-state index is 12.4. The van der Waals surface area contributed by atoms with Crippen LogP contribution in [0.4, 0.5) is 0 Å². The fourth-order valence-electron chi connectivity index (χ4n) is 2.76. The number of hydrogen-bond acceptors (Lipinski definition) is 5. The van der Waals surface area contributed by atoms with Gasteiger partial charge in [0.15, 0.2) is 12.5 Å². The van der Waals surface area contributed by atoms with E-state index in [2.05, 4.69) is 20.8 Å². The summed E-state index contributed by atoms with van der Waals surface area (Å²) < 4.78 is 10.9. The first-order valence-corrected chi connectivity index (χ1v) is 8.21. The molecule has 0 spiro atoms. The maximum atomic E-state index is 12.4. The van der Waals surface area contributed by atoms with Crippen LogP contribution in [0.5, 0.6) is 5.75 Å². The molecular formula is C18H22N4O3. The van der Waals surface area contributed by atoms with Gasteiger partial charge in [-0.15, -0.1) is 0 Å². The van der Waals surface area contributed by atoms with Crippen molar-refractivity contribution in [2.75, 3.05) is 20.4 Å². The van der Waals surface area contributed by atoms with E-state index < -0.39 is 0 Å². The minimum atomic E-state index is -0.161. The predicted molar refractivity (Wildman–Crippen MR) is 93.7 cm³/mol. The Hall–Kier alpha value is -2.96. The fraction of sp³-hybridized carbons (Fsp3) is 0.333. The summed E-state index contributed by atoms with van der Waals surface area (Å²) in [6.07, 6.45) is 3.40. The number of aryl methyl sites for hydroxylation is 2. The Morgan fingerprint density at radius 1 is 1.40 bits per heavy atom. The molecule has 0 aliphatic carbocycles. The van der Waals surface area contributed by atoms with Gasteiger partial charge in [-0.2, -0.15) is 5.10 Å². The number of carbonyl (C=O) groups is 1. The SMILES string of the molecule is COc1ccc(C2=C(C(=O)NCCCc3ccn[nH]3)NCO2)cc1C. The zero-order valence-corrected chi connectivity index (χ0v) is 14.4. The zero-order valence-electron chi connectivity index (χ0n) is 14.4. The van der Waals surface area contributed by atoms with Gasteiger partial charge in [-0.3, -0.25) is 9.89 Å². The van der Waals surface area contributed by atoms with E-state index in [-0.39, 0.29) is 12.6 Å². The van der Waals surface area contributed by atoms with Gasteiger partial charge >= 0.3 is 0 Å². The number of aromatic nitrogens is 2. The average Bonchev–Trinajstić information content (AvgIpc) is 3.30. The lowest BCUT2D eigenvalue weighted by atomic mass is 10.1. The summed E-state index contributed by atoms with van der Waals surface area (Å²) in [7, 11) is 1.64. The number of nitrogens with zero attached hydrogens (tertiary/aromatic N) is 1. The molecule has 0 saturated heterocycles. The molecule has 0 bridgehead atoms. The number of H-pyrrole nitrogens is 1. The molecule has 1 aliphatic rings. The number of benzene rings is 1. The van der Waals surface area contributed by atoms with Gasteiger partial charge in [0.1, 0.15) is 11.4 Å². The molecule has 1 aromatic heterocycles. The lowest BCUT2D eigenvalue weighted by molar-refractivity contribution is -0.117. The van der Waals surface area contributed by atoms with Crippen molar-refractivity contribution in [3.63, 3.8) is 0 Å². The van der Waals surface area contributed by atoms with Gasteiger partial charge in [-0.05, 0) is 49.6 Å². The highest BCUT2D eigenvalue weighted by Crippen LogP contribution is 2.27. The number of methoxy groups -OCH3 is 1. The summed E-state index contributed by atoms with van der Waals surface area (Å²) in [5.41, 5.74) is 3.37. The van der Waals surface area contributed by atoms with Crippen LogP contribution >= 0.6 is 0 Å². The number of carbonyl (C=O) groups excluding carboxylic acids is 1. The summed E-state index contributed by atoms with van der Waals surface area (Å²) in [4.78, 5) is 12.4. The van der Waals surface area contributed by atoms with Crippen molar-refractivity contribution in [2.24, 2.45) is 0 Å². The third kappa shape index (κ3) is 3.93. The summed E-state index contributed by atoms with van der Waals surface area (Å²) in [5.74, 6) is 1.21. The second-order valence-electron chi connectivity index (χ2n) is 5.80. The summed E-state index contributed by atoms with van der Waals surface area (Å²) in [5, 5.41) is 12.7. The minimum Gasteiger partial charge on any atom is -0.496 e. The molecule has 0 saturated carbocycles. The van der Waals surface area contributed by atoms with Crippen LogP contribution in [-0.2, 0) is 16.0 Å². The molecule has 0 fully saturated rings. The molecule has 25 heavy (non-hydrogen) atoms. The quantitative estimate of drug-likeness (QED) is 0.667. The van der Waals surface area contributed by atoms with Gasteiger partial charge in [-0.25, -0.2) is 0 Å². The van der Waals surface area contributed by atoms with Crippen LogP contribution in [0.3, 0.4) is 0 Å². The number of nitrogens with one attached hydrogen (secondary N) is 3. The largest absolute Gasteiger partial charge is 0.496 e. The summed E-state index contributed by atoms with van der Waals surface area (Å²) >= 11 is 0. The number of amides is 1. The van der Waals surface area contributed by atoms with Crippen LogP contribution < -0.4 is 15.4 Å². The van der Waals surface area contributed by atoms with Crippen molar-refractivity contribution in [2.45, 2.75) is 19.8 Å². The maximum Gasteiger partial charge on any atom is 0.271 e. The molecule has 2 heterocycles. The Labute approximate surface area is 146 Å². The van der Waals surface area contributed by atoms with E-state index in [1.807, 2.05) is 31.2 Å². The Balaban J connectivity index is 1.63. The molecule has 3 N–H and O–H groups in total. The number of hydrogen-bond donors (Lipinski definition) is 3. The molecule has 0 atom stereocenters. The van der Waals surface area contributed by atoms with E-state index in [1.54, 1.807) is 13.3 Å². The van der Waals surface area contributed by atoms with Gasteiger partial charge in [0.2, 0.25) is 0 Å². The summed E-state index contributed by atoms with van der Waals surface area (Å²) in [6.45, 7) is 2.83. The Morgan fingerprint density at radius 2 is 2.28 bits per heavy atom. The first-order chi connectivity index (χ1) is 12.2. The predicted octanol–water partition coefficient (Wildman–Crippen LogP) is 1.72. The van der Waals surface area contributed by atoms with Crippen LogP contribution in [0.15, 0.2) is 36.2 Å². The van der Waals surface area contributed by atoms with E-state index in [0.29, 0.717) is 18.0 Å². The van der Waals surface area contributed by atoms with E-state index >= 15 is 0 Å². The highest BCUT2D eigenvalue weighted by Gasteiger charge is 2.23. The molecule has 0 unspecified atom stereocenters. The molecule has 1 aliphatic heterocycles. The molecule has 3 rings (SSSR count). The highest BCUT2D eigenvalue weighted by molar-refractivity contribution is 6.00. The van der Waals surface area contributed by atoms with Crippen molar-refractivity contribution in [1.29, 1.82) is 0 Å². The van der Waals surface area contributed by atoms with Crippen molar-refractivity contribution in [1.82, 2.24) is 20.8 Å². The average molecular weight is 342 g/mol. The van der Waals surface area contributed by atoms with Gasteiger partial charge in [0.25, 0.3) is 5.91 Å². The minimum absolute atomic E-state index is 0.161. The van der Waals surface area contributed by atoms with Crippen molar-refractivity contribution in [3.8, 4) is 5.75 Å². The van der Waals surface area contributed by atoms with Gasteiger partial charge < -0.3 is 20.1 Å². The van der Waals surface area contributed by atoms with Gasteiger partial charge in [0.05, 0.1) is 7.11 Å². The van der Waals surface area contributed by atoms with Crippen molar-refractivity contribution >= 4 is 11.7 Å². The molecule has 2 aromatic rings. The molecular weight excluding hydrogens is 320 g/mol. The molecule has 7 heteroatoms. The first-order valence-electron chi connectivity index (χ1n) is 8.21. The second-order valence-corrected chi connectivity index (χ2v) is 5.80. The standard InChI is InChI=1S/C18H22N4O3/c1-12-10-13(5-6-15(12)24-2)17-16(20-11-25-17)18(23)19-8-3-4-14-7-9-21-22-14/h5-7,9-10,20H,3-4,8,11H2,1-2H3,(H,19,23)(H,21,22). The molecule has 7 nitrogen and oxygen atoms in total. The van der Waals surface area contributed by atoms with Crippen molar-refractivity contribution in [3.05, 3.63) is 53.0 Å². The lowest BCUT2D eigenvalue weighted by Gasteiger charge is -2.10. The fourth-order valence-corrected chi connectivity index (χ4v) is 2.76. The third-order valence-corrected chi connectivity index (χ3v) is 4.04. The molecule has 1 aromatic carbocycles. The Morgan fingerprint density at radius 3 is 3.00 bits per heavy atom. The van der Waals surface area contributed by atoms with Crippen LogP contribution in [0.2, 0.25) is 0 Å².